The molecule has 0 unspecified atom stereocenters. The number of hydrogen-bond acceptors (Lipinski definition) is 6. The first-order valence-corrected chi connectivity index (χ1v) is 8.36. The second-order valence-corrected chi connectivity index (χ2v) is 5.79. The van der Waals surface area contributed by atoms with Gasteiger partial charge in [0.2, 0.25) is 6.79 Å². The highest BCUT2D eigenvalue weighted by Gasteiger charge is 2.15. The molecule has 1 heterocycles. The largest absolute Gasteiger partial charge is 0.454 e. The normalized spacial score (nSPS) is 11.6. The van der Waals surface area contributed by atoms with Crippen molar-refractivity contribution in [1.82, 2.24) is 10.6 Å². The lowest BCUT2D eigenvalue weighted by molar-refractivity contribution is -0.147. The van der Waals surface area contributed by atoms with Crippen molar-refractivity contribution in [3.05, 3.63) is 59.4 Å². The summed E-state index contributed by atoms with van der Waals surface area (Å²) >= 11 is 0. The van der Waals surface area contributed by atoms with Gasteiger partial charge in [-0.1, -0.05) is 18.2 Å². The number of fused-ring (bicyclic) bond motifs is 1. The van der Waals surface area contributed by atoms with Crippen molar-refractivity contribution < 1.29 is 33.0 Å². The molecule has 0 saturated carbocycles. The number of ether oxygens (including phenoxy) is 3. The maximum Gasteiger partial charge on any atom is 0.325 e. The van der Waals surface area contributed by atoms with Crippen molar-refractivity contribution in [1.29, 1.82) is 0 Å². The molecule has 0 radical (unpaired) electrons. The van der Waals surface area contributed by atoms with E-state index in [0.29, 0.717) is 11.5 Å². The smallest absolute Gasteiger partial charge is 0.325 e. The molecular formula is C19H17FN2O6. The van der Waals surface area contributed by atoms with Crippen molar-refractivity contribution >= 4 is 17.8 Å². The van der Waals surface area contributed by atoms with Crippen LogP contribution in [0, 0.1) is 5.82 Å². The van der Waals surface area contributed by atoms with E-state index in [9.17, 15) is 18.8 Å². The van der Waals surface area contributed by atoms with Gasteiger partial charge in [-0.3, -0.25) is 14.4 Å². The number of rotatable bonds is 7. The number of carbonyl (C=O) groups excluding carboxylic acids is 3. The van der Waals surface area contributed by atoms with Gasteiger partial charge in [-0.25, -0.2) is 4.39 Å². The second-order valence-electron chi connectivity index (χ2n) is 5.79. The van der Waals surface area contributed by atoms with Crippen LogP contribution in [0.5, 0.6) is 11.5 Å². The van der Waals surface area contributed by atoms with Gasteiger partial charge in [0, 0.05) is 6.54 Å². The zero-order valence-electron chi connectivity index (χ0n) is 14.7. The number of halogens is 1. The van der Waals surface area contributed by atoms with Crippen molar-refractivity contribution in [2.45, 2.75) is 6.54 Å². The van der Waals surface area contributed by atoms with Crippen LogP contribution in [-0.4, -0.2) is 37.7 Å². The van der Waals surface area contributed by atoms with E-state index in [1.54, 1.807) is 18.2 Å². The minimum Gasteiger partial charge on any atom is -0.454 e. The van der Waals surface area contributed by atoms with E-state index >= 15 is 0 Å². The topological polar surface area (TPSA) is 103 Å². The fourth-order valence-corrected chi connectivity index (χ4v) is 2.39. The zero-order chi connectivity index (χ0) is 19.9. The van der Waals surface area contributed by atoms with Gasteiger partial charge >= 0.3 is 5.97 Å². The number of esters is 1. The lowest BCUT2D eigenvalue weighted by Gasteiger charge is -2.08. The van der Waals surface area contributed by atoms with Crippen molar-refractivity contribution in [3.63, 3.8) is 0 Å². The number of amides is 2. The summed E-state index contributed by atoms with van der Waals surface area (Å²) < 4.78 is 28.7. The fraction of sp³-hybridized carbons (Fsp3) is 0.211. The van der Waals surface area contributed by atoms with Crippen LogP contribution in [0.3, 0.4) is 0 Å². The van der Waals surface area contributed by atoms with Gasteiger partial charge in [-0.15, -0.1) is 0 Å². The molecule has 2 amide bonds. The van der Waals surface area contributed by atoms with Gasteiger partial charge in [0.1, 0.15) is 12.4 Å². The Balaban J connectivity index is 1.36. The molecular weight excluding hydrogens is 371 g/mol. The minimum atomic E-state index is -0.817. The predicted octanol–water partition coefficient (Wildman–Crippen LogP) is 1.14. The van der Waals surface area contributed by atoms with Crippen LogP contribution in [0.2, 0.25) is 0 Å². The maximum atomic E-state index is 13.5. The molecule has 1 aliphatic rings. The second kappa shape index (κ2) is 8.85. The molecule has 0 aliphatic carbocycles. The molecule has 0 fully saturated rings. The summed E-state index contributed by atoms with van der Waals surface area (Å²) in [7, 11) is 0. The Bertz CT molecular complexity index is 902. The summed E-state index contributed by atoms with van der Waals surface area (Å²) in [5.74, 6) is -1.53. The first-order valence-electron chi connectivity index (χ1n) is 8.36. The highest BCUT2D eigenvalue weighted by Crippen LogP contribution is 2.32. The van der Waals surface area contributed by atoms with Gasteiger partial charge in [-0.05, 0) is 29.8 Å². The third-order valence-electron chi connectivity index (χ3n) is 3.80. The van der Waals surface area contributed by atoms with Gasteiger partial charge < -0.3 is 24.8 Å². The summed E-state index contributed by atoms with van der Waals surface area (Å²) in [6.45, 7) is -0.604. The molecule has 2 aromatic carbocycles. The molecule has 0 aromatic heterocycles. The van der Waals surface area contributed by atoms with Crippen LogP contribution in [0.1, 0.15) is 15.9 Å². The first-order chi connectivity index (χ1) is 13.5. The molecule has 2 N–H and O–H groups in total. The Labute approximate surface area is 159 Å². The van der Waals surface area contributed by atoms with Gasteiger partial charge in [0.05, 0.1) is 5.56 Å². The molecule has 2 aromatic rings. The van der Waals surface area contributed by atoms with Crippen LogP contribution in [0.4, 0.5) is 4.39 Å². The van der Waals surface area contributed by atoms with E-state index in [4.69, 9.17) is 14.2 Å². The fourth-order valence-electron chi connectivity index (χ4n) is 2.39. The Morgan fingerprint density at radius 2 is 1.82 bits per heavy atom. The molecule has 8 nitrogen and oxygen atoms in total. The average Bonchev–Trinajstić information content (AvgIpc) is 3.17. The number of hydrogen-bond donors (Lipinski definition) is 2. The Hall–Kier alpha value is -3.62. The van der Waals surface area contributed by atoms with Gasteiger partial charge in [0.25, 0.3) is 11.8 Å². The Kier molecular flexibility index (Phi) is 6.05. The number of nitrogens with one attached hydrogen (secondary N) is 2. The number of carbonyl (C=O) groups is 3. The minimum absolute atomic E-state index is 0.161. The quantitative estimate of drug-likeness (QED) is 0.690. The highest BCUT2D eigenvalue weighted by molar-refractivity contribution is 5.96. The van der Waals surface area contributed by atoms with Gasteiger partial charge in [-0.2, -0.15) is 0 Å². The average molecular weight is 388 g/mol. The van der Waals surface area contributed by atoms with Crippen LogP contribution >= 0.6 is 0 Å². The first kappa shape index (κ1) is 19.2. The van der Waals surface area contributed by atoms with E-state index in [-0.39, 0.29) is 18.9 Å². The summed E-state index contributed by atoms with van der Waals surface area (Å²) in [6, 6.07) is 10.6. The van der Waals surface area contributed by atoms with E-state index in [2.05, 4.69) is 10.6 Å². The van der Waals surface area contributed by atoms with E-state index < -0.39 is 36.8 Å². The monoisotopic (exact) mass is 388 g/mol. The van der Waals surface area contributed by atoms with Crippen LogP contribution < -0.4 is 20.1 Å². The summed E-state index contributed by atoms with van der Waals surface area (Å²) in [5.41, 5.74) is 0.609. The summed E-state index contributed by atoms with van der Waals surface area (Å²) in [4.78, 5) is 35.2. The lowest BCUT2D eigenvalue weighted by atomic mass is 10.2. The Morgan fingerprint density at radius 3 is 2.64 bits per heavy atom. The SMILES string of the molecule is O=C(COC(=O)CNC(=O)c1ccccc1F)NCc1ccc2c(c1)OCO2. The molecule has 0 atom stereocenters. The highest BCUT2D eigenvalue weighted by atomic mass is 19.1. The molecule has 0 bridgehead atoms. The molecule has 146 valence electrons. The van der Waals surface area contributed by atoms with Crippen LogP contribution in [0.15, 0.2) is 42.5 Å². The van der Waals surface area contributed by atoms with Crippen molar-refractivity contribution in [2.75, 3.05) is 19.9 Å². The van der Waals surface area contributed by atoms with E-state index in [0.717, 1.165) is 11.6 Å². The third-order valence-corrected chi connectivity index (χ3v) is 3.80. The van der Waals surface area contributed by atoms with Crippen molar-refractivity contribution in [2.24, 2.45) is 0 Å². The standard InChI is InChI=1S/C19H17FN2O6/c20-14-4-2-1-3-13(14)19(25)22-9-18(24)26-10-17(23)21-8-12-5-6-15-16(7-12)28-11-27-15/h1-7H,8-11H2,(H,21,23)(H,22,25). The van der Waals surface area contributed by atoms with E-state index in [1.165, 1.54) is 18.2 Å². The Morgan fingerprint density at radius 1 is 1.04 bits per heavy atom. The maximum absolute atomic E-state index is 13.5. The predicted molar refractivity (Wildman–Crippen MR) is 94.1 cm³/mol. The summed E-state index contributed by atoms with van der Waals surface area (Å²) in [6.07, 6.45) is 0. The zero-order valence-corrected chi connectivity index (χ0v) is 14.7. The van der Waals surface area contributed by atoms with Crippen LogP contribution in [0.25, 0.3) is 0 Å². The molecule has 0 spiro atoms. The van der Waals surface area contributed by atoms with Crippen LogP contribution in [-0.2, 0) is 20.9 Å². The summed E-state index contributed by atoms with van der Waals surface area (Å²) in [5, 5.41) is 4.83. The number of benzene rings is 2. The molecule has 28 heavy (non-hydrogen) atoms. The molecule has 1 aliphatic heterocycles. The van der Waals surface area contributed by atoms with Gasteiger partial charge in [0.15, 0.2) is 18.1 Å². The molecule has 9 heteroatoms. The van der Waals surface area contributed by atoms with Crippen molar-refractivity contribution in [3.8, 4) is 11.5 Å². The third kappa shape index (κ3) is 4.97. The molecule has 0 saturated heterocycles. The molecule has 3 rings (SSSR count). The lowest BCUT2D eigenvalue weighted by Crippen LogP contribution is -2.34. The van der Waals surface area contributed by atoms with E-state index in [1.807, 2.05) is 0 Å².